The molecule has 154 valence electrons. The van der Waals surface area contributed by atoms with E-state index in [2.05, 4.69) is 76.5 Å². The highest BCUT2D eigenvalue weighted by molar-refractivity contribution is 6.73. The number of hydrogen-bond acceptors (Lipinski definition) is 5. The number of likely N-dealkylation sites (N-methyl/N-ethyl adjacent to an activating group) is 2. The monoisotopic (exact) mass is 393 g/mol. The van der Waals surface area contributed by atoms with E-state index in [0.717, 1.165) is 51.2 Å². The molecule has 0 heterocycles. The maximum Gasteiger partial charge on any atom is 0.338 e. The summed E-state index contributed by atoms with van der Waals surface area (Å²) in [6, 6.07) is 2.23. The highest BCUT2D eigenvalue weighted by Crippen LogP contribution is 2.23. The summed E-state index contributed by atoms with van der Waals surface area (Å²) in [7, 11) is 7.49. The second-order valence-corrected chi connectivity index (χ2v) is 16.6. The molecule has 0 aliphatic rings. The molecule has 0 aliphatic heterocycles. The molecule has 0 unspecified atom stereocenters. The van der Waals surface area contributed by atoms with Gasteiger partial charge in [0.25, 0.3) is 0 Å². The summed E-state index contributed by atoms with van der Waals surface area (Å²) in [5.41, 5.74) is 0. The quantitative estimate of drug-likeness (QED) is 0.485. The Labute approximate surface area is 160 Å². The van der Waals surface area contributed by atoms with Gasteiger partial charge < -0.3 is 23.6 Å². The number of rotatable bonds is 13. The lowest BCUT2D eigenvalue weighted by Gasteiger charge is -2.31. The molecule has 0 aromatic rings. The summed E-state index contributed by atoms with van der Waals surface area (Å²) in [4.78, 5) is 7.57. The van der Waals surface area contributed by atoms with Crippen LogP contribution in [0.5, 0.6) is 0 Å². The minimum Gasteiger partial charge on any atom is -0.393 e. The molecule has 1 N–H and O–H groups in total. The molecule has 0 aromatic heterocycles. The van der Waals surface area contributed by atoms with Gasteiger partial charge in [-0.2, -0.15) is 0 Å². The molecule has 0 aliphatic carbocycles. The van der Waals surface area contributed by atoms with Crippen LogP contribution in [0.3, 0.4) is 0 Å². The Morgan fingerprint density at radius 1 is 0.760 bits per heavy atom. The third kappa shape index (κ3) is 18.8. The molecule has 0 aromatic carbocycles. The number of nitrogens with zero attached hydrogens (tertiary/aromatic N) is 2. The van der Waals surface area contributed by atoms with Crippen molar-refractivity contribution in [3.63, 3.8) is 0 Å². The van der Waals surface area contributed by atoms with Crippen LogP contribution in [0.15, 0.2) is 0 Å². The summed E-state index contributed by atoms with van der Waals surface area (Å²) in [5, 5.41) is 0. The first kappa shape index (κ1) is 27.5. The fourth-order valence-electron chi connectivity index (χ4n) is 2.05. The van der Waals surface area contributed by atoms with Crippen LogP contribution in [0.4, 0.5) is 0 Å². The van der Waals surface area contributed by atoms with E-state index in [1.165, 1.54) is 0 Å². The average Bonchev–Trinajstić information content (AvgIpc) is 2.47. The SMILES string of the molecule is CCC[Si](CCC)(OCCN(C)C)OCCN(C)C.CN[Si](C)(C)C. The average molecular weight is 394 g/mol. The van der Waals surface area contributed by atoms with Crippen molar-refractivity contribution < 1.29 is 8.85 Å². The molecule has 25 heavy (non-hydrogen) atoms. The van der Waals surface area contributed by atoms with E-state index < -0.39 is 16.8 Å². The van der Waals surface area contributed by atoms with Gasteiger partial charge in [0.2, 0.25) is 0 Å². The van der Waals surface area contributed by atoms with Crippen molar-refractivity contribution in [1.82, 2.24) is 14.8 Å². The fourth-order valence-corrected chi connectivity index (χ4v) is 5.41. The molecule has 0 fully saturated rings. The molecule has 0 saturated heterocycles. The van der Waals surface area contributed by atoms with E-state index in [9.17, 15) is 0 Å². The molecule has 0 bridgehead atoms. The summed E-state index contributed by atoms with van der Waals surface area (Å²) >= 11 is 0. The van der Waals surface area contributed by atoms with Crippen LogP contribution >= 0.6 is 0 Å². The first-order chi connectivity index (χ1) is 11.5. The fraction of sp³-hybridized carbons (Fsp3) is 1.00. The maximum atomic E-state index is 6.26. The van der Waals surface area contributed by atoms with Crippen LogP contribution in [0.1, 0.15) is 26.7 Å². The first-order valence-electron chi connectivity index (χ1n) is 9.78. The molecular formula is C18H47N3O2Si2. The van der Waals surface area contributed by atoms with Gasteiger partial charge in [0.05, 0.1) is 0 Å². The topological polar surface area (TPSA) is 37.0 Å². The van der Waals surface area contributed by atoms with E-state index in [0.29, 0.717) is 0 Å². The lowest BCUT2D eigenvalue weighted by molar-refractivity contribution is 0.144. The van der Waals surface area contributed by atoms with E-state index in [1.54, 1.807) is 0 Å². The van der Waals surface area contributed by atoms with E-state index >= 15 is 0 Å². The predicted molar refractivity (Wildman–Crippen MR) is 117 cm³/mol. The van der Waals surface area contributed by atoms with Crippen molar-refractivity contribution in [2.24, 2.45) is 0 Å². The highest BCUT2D eigenvalue weighted by atomic mass is 28.4. The second-order valence-electron chi connectivity index (χ2n) is 8.21. The molecular weight excluding hydrogens is 346 g/mol. The van der Waals surface area contributed by atoms with Gasteiger partial charge in [-0.3, -0.25) is 0 Å². The van der Waals surface area contributed by atoms with Crippen LogP contribution < -0.4 is 4.98 Å². The van der Waals surface area contributed by atoms with E-state index in [1.807, 2.05) is 7.05 Å². The van der Waals surface area contributed by atoms with Crippen molar-refractivity contribution in [2.75, 3.05) is 61.5 Å². The Morgan fingerprint density at radius 3 is 1.28 bits per heavy atom. The zero-order chi connectivity index (χ0) is 19.9. The Hall–Kier alpha value is 0.234. The smallest absolute Gasteiger partial charge is 0.338 e. The third-order valence-electron chi connectivity index (χ3n) is 3.82. The van der Waals surface area contributed by atoms with Gasteiger partial charge >= 0.3 is 8.56 Å². The Bertz CT molecular complexity index is 277. The largest absolute Gasteiger partial charge is 0.393 e. The van der Waals surface area contributed by atoms with E-state index in [-0.39, 0.29) is 0 Å². The van der Waals surface area contributed by atoms with Crippen molar-refractivity contribution in [2.45, 2.75) is 58.4 Å². The maximum absolute atomic E-state index is 6.26. The van der Waals surface area contributed by atoms with Crippen molar-refractivity contribution in [3.05, 3.63) is 0 Å². The molecule has 0 saturated carbocycles. The Balaban J connectivity index is 0. The molecule has 0 radical (unpaired) electrons. The molecule has 0 rings (SSSR count). The normalized spacial score (nSPS) is 12.5. The van der Waals surface area contributed by atoms with Gasteiger partial charge in [-0.25, -0.2) is 0 Å². The molecule has 0 amide bonds. The Morgan fingerprint density at radius 2 is 1.08 bits per heavy atom. The van der Waals surface area contributed by atoms with Crippen molar-refractivity contribution >= 4 is 16.8 Å². The van der Waals surface area contributed by atoms with Crippen LogP contribution in [0, 0.1) is 0 Å². The van der Waals surface area contributed by atoms with Crippen LogP contribution in [0.2, 0.25) is 31.7 Å². The van der Waals surface area contributed by atoms with Gasteiger partial charge in [0.1, 0.15) is 8.24 Å². The van der Waals surface area contributed by atoms with Crippen LogP contribution in [-0.2, 0) is 8.85 Å². The van der Waals surface area contributed by atoms with Crippen molar-refractivity contribution in [3.8, 4) is 0 Å². The first-order valence-corrected chi connectivity index (χ1v) is 15.5. The van der Waals surface area contributed by atoms with Gasteiger partial charge in [-0.1, -0.05) is 46.3 Å². The number of hydrogen-bond donors (Lipinski definition) is 1. The molecule has 5 nitrogen and oxygen atoms in total. The summed E-state index contributed by atoms with van der Waals surface area (Å²) < 4.78 is 12.5. The highest BCUT2D eigenvalue weighted by Gasteiger charge is 2.35. The van der Waals surface area contributed by atoms with Gasteiger partial charge in [-0.05, 0) is 47.3 Å². The van der Waals surface area contributed by atoms with Gasteiger partial charge in [0.15, 0.2) is 0 Å². The summed E-state index contributed by atoms with van der Waals surface area (Å²) in [6.45, 7) is 14.8. The van der Waals surface area contributed by atoms with Crippen molar-refractivity contribution in [1.29, 1.82) is 0 Å². The zero-order valence-corrected chi connectivity index (χ0v) is 20.9. The lowest BCUT2D eigenvalue weighted by Crippen LogP contribution is -2.44. The van der Waals surface area contributed by atoms with Crippen LogP contribution in [-0.4, -0.2) is 88.1 Å². The molecule has 0 atom stereocenters. The summed E-state index contributed by atoms with van der Waals surface area (Å²) in [6.07, 6.45) is 2.30. The summed E-state index contributed by atoms with van der Waals surface area (Å²) in [5.74, 6) is 0. The second kappa shape index (κ2) is 15.3. The van der Waals surface area contributed by atoms with E-state index in [4.69, 9.17) is 8.85 Å². The Kier molecular flexibility index (Phi) is 16.8. The predicted octanol–water partition coefficient (Wildman–Crippen LogP) is 3.45. The molecule has 0 spiro atoms. The van der Waals surface area contributed by atoms with Crippen LogP contribution in [0.25, 0.3) is 0 Å². The van der Waals surface area contributed by atoms with Gasteiger partial charge in [-0.15, -0.1) is 0 Å². The zero-order valence-electron chi connectivity index (χ0n) is 18.9. The molecule has 7 heteroatoms. The van der Waals surface area contributed by atoms with Gasteiger partial charge in [0, 0.05) is 26.3 Å². The third-order valence-corrected chi connectivity index (χ3v) is 9.30. The standard InChI is InChI=1S/C14H34N2O2Si.C4H13NSi/c1-7-13-19(14-8-2,17-11-9-15(3)4)18-12-10-16(5)6;1-5-6(2,3)4/h7-14H2,1-6H3;5H,1-4H3. The lowest BCUT2D eigenvalue weighted by atomic mass is 10.6. The number of nitrogens with one attached hydrogen (secondary N) is 1. The minimum atomic E-state index is -1.98. The minimum absolute atomic E-state index is 0.793.